The Labute approximate surface area is 68.4 Å². The molecule has 1 rings (SSSR count). The van der Waals surface area contributed by atoms with E-state index in [1.54, 1.807) is 18.5 Å². The molecule has 1 heterocycles. The third-order valence-corrected chi connectivity index (χ3v) is 1.08. The van der Waals surface area contributed by atoms with E-state index < -0.39 is 0 Å². The molecule has 0 radical (unpaired) electrons. The van der Waals surface area contributed by atoms with Crippen LogP contribution in [0.5, 0.6) is 0 Å². The Hall–Kier alpha value is -1.36. The third kappa shape index (κ3) is 2.38. The molecule has 3 N–H and O–H groups in total. The molecule has 0 aliphatic rings. The summed E-state index contributed by atoms with van der Waals surface area (Å²) in [5.74, 6) is 0.437. The summed E-state index contributed by atoms with van der Waals surface area (Å²) < 4.78 is 3.16. The van der Waals surface area contributed by atoms with Crippen molar-refractivity contribution in [3.63, 3.8) is 0 Å². The number of hydrogen-bond donors (Lipinski definition) is 2. The summed E-state index contributed by atoms with van der Waals surface area (Å²) in [6.07, 6.45) is 3.16. The van der Waals surface area contributed by atoms with Crippen molar-refractivity contribution in [1.29, 1.82) is 0 Å². The summed E-state index contributed by atoms with van der Waals surface area (Å²) in [4.78, 5) is 7.65. The quantitative estimate of drug-likeness (QED) is 0.473. The molecule has 0 aromatic carbocycles. The number of aromatic nitrogens is 2. The summed E-state index contributed by atoms with van der Waals surface area (Å²) in [6.45, 7) is 0. The van der Waals surface area contributed by atoms with Gasteiger partial charge in [0, 0.05) is 24.2 Å². The second-order valence-corrected chi connectivity index (χ2v) is 1.84. The highest BCUT2D eigenvalue weighted by Crippen LogP contribution is 1.92. The zero-order valence-corrected chi connectivity index (χ0v) is 6.28. The van der Waals surface area contributed by atoms with Crippen molar-refractivity contribution >= 4 is 23.7 Å². The second-order valence-electron chi connectivity index (χ2n) is 1.67. The fourth-order valence-corrected chi connectivity index (χ4v) is 0.542. The summed E-state index contributed by atoms with van der Waals surface area (Å²) in [5.41, 5.74) is 5.23. The maximum atomic E-state index is 5.23. The van der Waals surface area contributed by atoms with E-state index in [0.717, 1.165) is 0 Å². The van der Waals surface area contributed by atoms with Gasteiger partial charge < -0.3 is 5.73 Å². The number of nitrogens with zero attached hydrogens (tertiary/aromatic N) is 3. The fraction of sp³-hybridized carbons (Fsp3) is 0. The number of nitrogens with one attached hydrogen (secondary N) is 1. The monoisotopic (exact) mass is 171 g/mol. The molecule has 11 heavy (non-hydrogen) atoms. The van der Waals surface area contributed by atoms with E-state index in [1.165, 1.54) is 0 Å². The second kappa shape index (κ2) is 3.72. The Morgan fingerprint density at radius 1 is 1.55 bits per heavy atom. The first-order chi connectivity index (χ1) is 5.33. The van der Waals surface area contributed by atoms with Gasteiger partial charge in [-0.15, -0.1) is 4.51 Å². The highest BCUT2D eigenvalue weighted by Gasteiger charge is 1.93. The van der Waals surface area contributed by atoms with Crippen LogP contribution in [0.1, 0.15) is 0 Å². The normalized spacial score (nSPS) is 11.2. The molecule has 0 fully saturated rings. The van der Waals surface area contributed by atoms with Gasteiger partial charge in [0.15, 0.2) is 0 Å². The minimum Gasteiger partial charge on any atom is -0.369 e. The lowest BCUT2D eigenvalue weighted by molar-refractivity contribution is 1.17. The molecule has 1 aromatic rings. The van der Waals surface area contributed by atoms with Crippen molar-refractivity contribution in [2.75, 3.05) is 5.32 Å². The summed E-state index contributed by atoms with van der Waals surface area (Å²) in [7, 11) is 0. The topological polar surface area (TPSA) is 76.2 Å². The van der Waals surface area contributed by atoms with Gasteiger partial charge in [0.05, 0.1) is 0 Å². The largest absolute Gasteiger partial charge is 0.369 e. The predicted molar refractivity (Wildman–Crippen MR) is 43.1 cm³/mol. The van der Waals surface area contributed by atoms with Crippen LogP contribution >= 0.6 is 11.8 Å². The van der Waals surface area contributed by atoms with Gasteiger partial charge in [-0.3, -0.25) is 5.32 Å². The van der Waals surface area contributed by atoms with Crippen molar-refractivity contribution in [2.24, 2.45) is 10.2 Å². The van der Waals surface area contributed by atoms with Crippen LogP contribution in [-0.4, -0.2) is 15.9 Å². The van der Waals surface area contributed by atoms with Gasteiger partial charge in [0.25, 0.3) is 0 Å². The van der Waals surface area contributed by atoms with Crippen molar-refractivity contribution in [1.82, 2.24) is 9.97 Å². The SMILES string of the molecule is NC(=NCl)Nc1ncccn1. The maximum Gasteiger partial charge on any atom is 0.229 e. The van der Waals surface area contributed by atoms with Crippen molar-refractivity contribution in [3.8, 4) is 0 Å². The van der Waals surface area contributed by atoms with Crippen LogP contribution in [-0.2, 0) is 0 Å². The van der Waals surface area contributed by atoms with Crippen molar-refractivity contribution in [3.05, 3.63) is 18.5 Å². The first kappa shape index (κ1) is 7.74. The Balaban J connectivity index is 2.65. The Morgan fingerprint density at radius 2 is 2.18 bits per heavy atom. The lowest BCUT2D eigenvalue weighted by atomic mass is 10.7. The average Bonchev–Trinajstić information content (AvgIpc) is 2.06. The van der Waals surface area contributed by atoms with E-state index in [4.69, 9.17) is 17.5 Å². The summed E-state index contributed by atoms with van der Waals surface area (Å²) >= 11 is 5.05. The number of guanidine groups is 1. The molecule has 58 valence electrons. The highest BCUT2D eigenvalue weighted by atomic mass is 35.5. The highest BCUT2D eigenvalue weighted by molar-refractivity contribution is 6.20. The molecule has 6 heteroatoms. The third-order valence-electron chi connectivity index (χ3n) is 0.897. The number of rotatable bonds is 1. The summed E-state index contributed by atoms with van der Waals surface area (Å²) in [6, 6.07) is 1.69. The molecule has 5 nitrogen and oxygen atoms in total. The van der Waals surface area contributed by atoms with Crippen LogP contribution < -0.4 is 11.1 Å². The fourth-order valence-electron chi connectivity index (χ4n) is 0.499. The molecular weight excluding hydrogens is 166 g/mol. The van der Waals surface area contributed by atoms with Crippen LogP contribution in [0, 0.1) is 0 Å². The van der Waals surface area contributed by atoms with E-state index >= 15 is 0 Å². The van der Waals surface area contributed by atoms with E-state index in [0.29, 0.717) is 5.95 Å². The Kier molecular flexibility index (Phi) is 2.62. The first-order valence-corrected chi connectivity index (χ1v) is 3.15. The van der Waals surface area contributed by atoms with Gasteiger partial charge >= 0.3 is 0 Å². The molecule has 0 unspecified atom stereocenters. The number of hydrogen-bond acceptors (Lipinski definition) is 3. The van der Waals surface area contributed by atoms with Crippen LogP contribution in [0.25, 0.3) is 0 Å². The molecule has 0 aliphatic carbocycles. The molecule has 1 aromatic heterocycles. The van der Waals surface area contributed by atoms with E-state index in [2.05, 4.69) is 19.8 Å². The summed E-state index contributed by atoms with van der Waals surface area (Å²) in [5, 5.41) is 2.57. The number of halogens is 1. The maximum absolute atomic E-state index is 5.23. The minimum absolute atomic E-state index is 0.0675. The molecule has 0 bridgehead atoms. The van der Waals surface area contributed by atoms with E-state index in [-0.39, 0.29) is 5.96 Å². The lowest BCUT2D eigenvalue weighted by Crippen LogP contribution is -2.22. The zero-order chi connectivity index (χ0) is 8.10. The molecule has 0 spiro atoms. The van der Waals surface area contributed by atoms with Crippen molar-refractivity contribution in [2.45, 2.75) is 0 Å². The van der Waals surface area contributed by atoms with Crippen LogP contribution in [0.15, 0.2) is 23.0 Å². The molecule has 0 aliphatic heterocycles. The number of anilines is 1. The van der Waals surface area contributed by atoms with Crippen LogP contribution in [0.4, 0.5) is 5.95 Å². The predicted octanol–water partition coefficient (Wildman–Crippen LogP) is 0.357. The van der Waals surface area contributed by atoms with Crippen LogP contribution in [0.3, 0.4) is 0 Å². The lowest BCUT2D eigenvalue weighted by Gasteiger charge is -1.98. The first-order valence-electron chi connectivity index (χ1n) is 2.81. The van der Waals surface area contributed by atoms with E-state index in [1.807, 2.05) is 0 Å². The smallest absolute Gasteiger partial charge is 0.229 e. The minimum atomic E-state index is 0.0675. The van der Waals surface area contributed by atoms with Gasteiger partial charge in [-0.25, -0.2) is 9.97 Å². The average molecular weight is 172 g/mol. The van der Waals surface area contributed by atoms with E-state index in [9.17, 15) is 0 Å². The Bertz CT molecular complexity index is 246. The van der Waals surface area contributed by atoms with Gasteiger partial charge in [0.1, 0.15) is 0 Å². The molecule has 0 amide bonds. The molecule has 0 saturated heterocycles. The Morgan fingerprint density at radius 3 is 2.73 bits per heavy atom. The zero-order valence-electron chi connectivity index (χ0n) is 5.53. The molecule has 0 atom stereocenters. The van der Waals surface area contributed by atoms with Gasteiger partial charge in [-0.1, -0.05) is 0 Å². The van der Waals surface area contributed by atoms with Crippen LogP contribution in [0.2, 0.25) is 0 Å². The van der Waals surface area contributed by atoms with Gasteiger partial charge in [-0.2, -0.15) is 0 Å². The van der Waals surface area contributed by atoms with Gasteiger partial charge in [-0.05, 0) is 6.07 Å². The number of nitrogens with two attached hydrogens (primary N) is 1. The van der Waals surface area contributed by atoms with Gasteiger partial charge in [0.2, 0.25) is 11.9 Å². The van der Waals surface area contributed by atoms with Crippen molar-refractivity contribution < 1.29 is 0 Å². The molecular formula is C5H6ClN5. The molecule has 0 saturated carbocycles. The standard InChI is InChI=1S/C5H6ClN5/c6-11-4(7)10-5-8-2-1-3-9-5/h1-3H,(H3,7,8,9,10,11).